The minimum Gasteiger partial charge on any atom is -0.487 e. The standard InChI is InChI=1S/C24H22F4N4O2/c1-4-14-7-20-18(10-21(14)34-16-5-6-33-11-16)23(32-13(3)31-20)30-12(2)17-8-15(29)9-19(22(17)25)24(26,27)28/h1,7-10,12,16H,5-6,11,29H2,2-3H3,(H,30,31,32)/t12-,16+/m1/s1. The lowest BCUT2D eigenvalue weighted by Gasteiger charge is -2.21. The Morgan fingerprint density at radius 2 is 2.03 bits per heavy atom. The van der Waals surface area contributed by atoms with E-state index in [1.807, 2.05) is 0 Å². The monoisotopic (exact) mass is 474 g/mol. The summed E-state index contributed by atoms with van der Waals surface area (Å²) in [4.78, 5) is 8.79. The van der Waals surface area contributed by atoms with Gasteiger partial charge in [-0.25, -0.2) is 14.4 Å². The minimum atomic E-state index is -4.88. The highest BCUT2D eigenvalue weighted by molar-refractivity contribution is 5.92. The van der Waals surface area contributed by atoms with Crippen molar-refractivity contribution in [3.8, 4) is 18.1 Å². The van der Waals surface area contributed by atoms with E-state index in [1.54, 1.807) is 19.1 Å². The van der Waals surface area contributed by atoms with Crippen molar-refractivity contribution in [2.75, 3.05) is 24.3 Å². The summed E-state index contributed by atoms with van der Waals surface area (Å²) in [7, 11) is 0. The predicted molar refractivity (Wildman–Crippen MR) is 120 cm³/mol. The number of aryl methyl sites for hydroxylation is 1. The van der Waals surface area contributed by atoms with Crippen molar-refractivity contribution in [1.29, 1.82) is 0 Å². The van der Waals surface area contributed by atoms with Gasteiger partial charge in [-0.2, -0.15) is 13.2 Å². The summed E-state index contributed by atoms with van der Waals surface area (Å²) in [5.74, 6) is 2.31. The summed E-state index contributed by atoms with van der Waals surface area (Å²) >= 11 is 0. The minimum absolute atomic E-state index is 0.159. The number of fused-ring (bicyclic) bond motifs is 1. The SMILES string of the molecule is C#Cc1cc2nc(C)nc(N[C@H](C)c3cc(N)cc(C(F)(F)F)c3F)c2cc1O[C@H]1CCOC1. The Hall–Kier alpha value is -3.58. The number of alkyl halides is 3. The van der Waals surface area contributed by atoms with Crippen molar-refractivity contribution in [3.63, 3.8) is 0 Å². The van der Waals surface area contributed by atoms with Gasteiger partial charge in [0.25, 0.3) is 0 Å². The number of nitrogen functional groups attached to an aromatic ring is 1. The maximum Gasteiger partial charge on any atom is 0.419 e. The number of nitrogens with two attached hydrogens (primary N) is 1. The van der Waals surface area contributed by atoms with Gasteiger partial charge in [-0.05, 0) is 38.1 Å². The molecule has 0 saturated carbocycles. The number of halogens is 4. The first-order valence-electron chi connectivity index (χ1n) is 10.5. The van der Waals surface area contributed by atoms with Crippen LogP contribution in [0.3, 0.4) is 0 Å². The van der Waals surface area contributed by atoms with E-state index in [4.69, 9.17) is 21.6 Å². The number of nitrogens with zero attached hydrogens (tertiary/aromatic N) is 2. The summed E-state index contributed by atoms with van der Waals surface area (Å²) in [6.45, 7) is 4.20. The van der Waals surface area contributed by atoms with Crippen molar-refractivity contribution in [2.24, 2.45) is 0 Å². The number of terminal acetylenes is 1. The van der Waals surface area contributed by atoms with Gasteiger partial charge in [0.2, 0.25) is 0 Å². The number of hydrogen-bond acceptors (Lipinski definition) is 6. The molecule has 0 bridgehead atoms. The van der Waals surface area contributed by atoms with Crippen molar-refractivity contribution < 1.29 is 27.0 Å². The molecule has 1 saturated heterocycles. The molecule has 0 unspecified atom stereocenters. The van der Waals surface area contributed by atoms with Crippen molar-refractivity contribution in [2.45, 2.75) is 38.6 Å². The first-order valence-corrected chi connectivity index (χ1v) is 10.5. The number of aromatic nitrogens is 2. The van der Waals surface area contributed by atoms with E-state index in [9.17, 15) is 17.6 Å². The molecule has 0 spiro atoms. The normalized spacial score (nSPS) is 16.9. The zero-order chi connectivity index (χ0) is 24.6. The van der Waals surface area contributed by atoms with Crippen molar-refractivity contribution >= 4 is 22.4 Å². The van der Waals surface area contributed by atoms with Gasteiger partial charge in [-0.1, -0.05) is 5.92 Å². The van der Waals surface area contributed by atoms with E-state index in [0.29, 0.717) is 59.6 Å². The summed E-state index contributed by atoms with van der Waals surface area (Å²) in [5.41, 5.74) is 4.77. The third-order valence-electron chi connectivity index (χ3n) is 5.49. The van der Waals surface area contributed by atoms with E-state index in [-0.39, 0.29) is 17.4 Å². The number of rotatable bonds is 5. The second-order valence-corrected chi connectivity index (χ2v) is 8.07. The van der Waals surface area contributed by atoms with Crippen LogP contribution in [-0.2, 0) is 10.9 Å². The molecule has 1 fully saturated rings. The number of benzene rings is 2. The lowest BCUT2D eigenvalue weighted by molar-refractivity contribution is -0.140. The van der Waals surface area contributed by atoms with Crippen LogP contribution in [0, 0.1) is 25.1 Å². The number of ether oxygens (including phenoxy) is 2. The average molecular weight is 474 g/mol. The Balaban J connectivity index is 1.76. The van der Waals surface area contributed by atoms with Crippen LogP contribution in [0.15, 0.2) is 24.3 Å². The van der Waals surface area contributed by atoms with Crippen LogP contribution < -0.4 is 15.8 Å². The summed E-state index contributed by atoms with van der Waals surface area (Å²) in [5, 5.41) is 3.52. The second-order valence-electron chi connectivity index (χ2n) is 8.07. The van der Waals surface area contributed by atoms with Gasteiger partial charge in [0.15, 0.2) is 0 Å². The predicted octanol–water partition coefficient (Wildman–Crippen LogP) is 5.00. The molecule has 4 rings (SSSR count). The van der Waals surface area contributed by atoms with E-state index >= 15 is 0 Å². The van der Waals surface area contributed by atoms with Gasteiger partial charge in [0.1, 0.15) is 29.3 Å². The number of nitrogens with one attached hydrogen (secondary N) is 1. The fourth-order valence-corrected chi connectivity index (χ4v) is 3.85. The van der Waals surface area contributed by atoms with Gasteiger partial charge in [0, 0.05) is 23.1 Å². The molecule has 2 heterocycles. The van der Waals surface area contributed by atoms with Crippen LogP contribution in [0.2, 0.25) is 0 Å². The highest BCUT2D eigenvalue weighted by atomic mass is 19.4. The maximum atomic E-state index is 14.8. The Bertz CT molecular complexity index is 1280. The highest BCUT2D eigenvalue weighted by Crippen LogP contribution is 2.37. The van der Waals surface area contributed by atoms with Crippen molar-refractivity contribution in [1.82, 2.24) is 9.97 Å². The smallest absolute Gasteiger partial charge is 0.419 e. The Labute approximate surface area is 193 Å². The molecule has 0 aliphatic carbocycles. The Morgan fingerprint density at radius 1 is 1.26 bits per heavy atom. The molecule has 2 aromatic carbocycles. The molecule has 3 N–H and O–H groups in total. The van der Waals surface area contributed by atoms with Crippen LogP contribution >= 0.6 is 0 Å². The van der Waals surface area contributed by atoms with Crippen LogP contribution in [0.1, 0.15) is 41.9 Å². The van der Waals surface area contributed by atoms with Gasteiger partial charge in [-0.15, -0.1) is 6.42 Å². The maximum absolute atomic E-state index is 14.8. The molecule has 178 valence electrons. The average Bonchev–Trinajstić information content (AvgIpc) is 3.27. The lowest BCUT2D eigenvalue weighted by atomic mass is 10.0. The lowest BCUT2D eigenvalue weighted by Crippen LogP contribution is -2.17. The molecule has 10 heteroatoms. The van der Waals surface area contributed by atoms with E-state index < -0.39 is 23.6 Å². The number of hydrogen-bond donors (Lipinski definition) is 2. The molecule has 3 aromatic rings. The van der Waals surface area contributed by atoms with Gasteiger partial charge >= 0.3 is 6.18 Å². The highest BCUT2D eigenvalue weighted by Gasteiger charge is 2.36. The Kier molecular flexibility index (Phi) is 6.23. The Morgan fingerprint density at radius 3 is 2.68 bits per heavy atom. The molecule has 0 amide bonds. The fourth-order valence-electron chi connectivity index (χ4n) is 3.85. The summed E-state index contributed by atoms with van der Waals surface area (Å²) in [6, 6.07) is 4.20. The molecule has 6 nitrogen and oxygen atoms in total. The molecule has 2 atom stereocenters. The van der Waals surface area contributed by atoms with Gasteiger partial charge in [0.05, 0.1) is 35.9 Å². The molecular formula is C24H22F4N4O2. The molecule has 1 aliphatic rings. The fraction of sp³-hybridized carbons (Fsp3) is 0.333. The van der Waals surface area contributed by atoms with Gasteiger partial charge in [-0.3, -0.25) is 0 Å². The van der Waals surface area contributed by atoms with E-state index in [1.165, 1.54) is 13.0 Å². The molecule has 1 aromatic heterocycles. The largest absolute Gasteiger partial charge is 0.487 e. The van der Waals surface area contributed by atoms with E-state index in [2.05, 4.69) is 21.2 Å². The third kappa shape index (κ3) is 4.70. The van der Waals surface area contributed by atoms with Crippen LogP contribution in [0.4, 0.5) is 29.1 Å². The first kappa shape index (κ1) is 23.6. The topological polar surface area (TPSA) is 82.3 Å². The third-order valence-corrected chi connectivity index (χ3v) is 5.49. The van der Waals surface area contributed by atoms with Crippen LogP contribution in [-0.4, -0.2) is 29.3 Å². The summed E-state index contributed by atoms with van der Waals surface area (Å²) in [6.07, 6.45) is 1.34. The first-order chi connectivity index (χ1) is 16.1. The zero-order valence-corrected chi connectivity index (χ0v) is 18.5. The molecule has 0 radical (unpaired) electrons. The quantitative estimate of drug-likeness (QED) is 0.308. The molecule has 1 aliphatic heterocycles. The molecule has 34 heavy (non-hydrogen) atoms. The van der Waals surface area contributed by atoms with E-state index in [0.717, 1.165) is 0 Å². The zero-order valence-electron chi connectivity index (χ0n) is 18.5. The summed E-state index contributed by atoms with van der Waals surface area (Å²) < 4.78 is 65.9. The van der Waals surface area contributed by atoms with Crippen molar-refractivity contribution in [3.05, 3.63) is 52.6 Å². The van der Waals surface area contributed by atoms with Crippen LogP contribution in [0.5, 0.6) is 5.75 Å². The number of anilines is 2. The molecular weight excluding hydrogens is 452 g/mol. The van der Waals surface area contributed by atoms with Crippen LogP contribution in [0.25, 0.3) is 10.9 Å². The van der Waals surface area contributed by atoms with Gasteiger partial charge < -0.3 is 20.5 Å². The second kappa shape index (κ2) is 8.99.